The molecule has 7 rings (SSSR count). The second kappa shape index (κ2) is 8.06. The van der Waals surface area contributed by atoms with Crippen molar-refractivity contribution in [1.82, 2.24) is 10.2 Å². The van der Waals surface area contributed by atoms with Gasteiger partial charge in [-0.15, -0.1) is 0 Å². The molecule has 2 saturated heterocycles. The third-order valence-electron chi connectivity index (χ3n) is 8.13. The summed E-state index contributed by atoms with van der Waals surface area (Å²) in [6.07, 6.45) is 0.411. The van der Waals surface area contributed by atoms with E-state index in [4.69, 9.17) is 9.47 Å². The minimum atomic E-state index is -1.36. The monoisotopic (exact) mass is 511 g/mol. The van der Waals surface area contributed by atoms with Gasteiger partial charge in [-0.05, 0) is 54.8 Å². The molecule has 0 aromatic heterocycles. The summed E-state index contributed by atoms with van der Waals surface area (Å²) in [7, 11) is 0. The zero-order valence-electron chi connectivity index (χ0n) is 20.6. The molecule has 0 radical (unpaired) electrons. The predicted octanol–water partition coefficient (Wildman–Crippen LogP) is 2.59. The summed E-state index contributed by atoms with van der Waals surface area (Å²) in [4.78, 5) is 43.0. The lowest BCUT2D eigenvalue weighted by molar-refractivity contribution is -0.143. The van der Waals surface area contributed by atoms with Crippen molar-refractivity contribution in [3.63, 3.8) is 0 Å². The van der Waals surface area contributed by atoms with Gasteiger partial charge < -0.3 is 19.9 Å². The smallest absolute Gasteiger partial charge is 0.250 e. The topological polar surface area (TPSA) is 117 Å². The average molecular weight is 512 g/mol. The molecule has 3 amide bonds. The molecule has 0 unspecified atom stereocenters. The number of carbonyl (C=O) groups excluding carboxylic acids is 3. The number of carbonyl (C=O) groups is 3. The number of nitrogens with one attached hydrogen (secondary N) is 2. The lowest BCUT2D eigenvalue weighted by Crippen LogP contribution is -2.53. The van der Waals surface area contributed by atoms with E-state index in [1.54, 1.807) is 36.4 Å². The summed E-state index contributed by atoms with van der Waals surface area (Å²) in [5, 5.41) is 16.1. The summed E-state index contributed by atoms with van der Waals surface area (Å²) >= 11 is 0. The number of ether oxygens (including phenoxy) is 2. The van der Waals surface area contributed by atoms with Crippen LogP contribution < -0.4 is 20.1 Å². The average Bonchev–Trinajstić information content (AvgIpc) is 3.63. The van der Waals surface area contributed by atoms with E-state index in [9.17, 15) is 19.5 Å². The van der Waals surface area contributed by atoms with Gasteiger partial charge in [0.2, 0.25) is 24.5 Å². The van der Waals surface area contributed by atoms with E-state index >= 15 is 0 Å². The molecule has 2 fully saturated rings. The zero-order valence-corrected chi connectivity index (χ0v) is 20.6. The number of aryl methyl sites for hydroxylation is 1. The number of phenols is 1. The molecule has 3 N–H and O–H groups in total. The van der Waals surface area contributed by atoms with Crippen LogP contribution in [0.1, 0.15) is 22.3 Å². The van der Waals surface area contributed by atoms with E-state index in [2.05, 4.69) is 10.6 Å². The van der Waals surface area contributed by atoms with Crippen LogP contribution in [0.15, 0.2) is 60.7 Å². The highest BCUT2D eigenvalue weighted by Gasteiger charge is 2.70. The molecular weight excluding hydrogens is 486 g/mol. The lowest BCUT2D eigenvalue weighted by atomic mass is 9.76. The molecule has 4 heterocycles. The molecule has 0 saturated carbocycles. The molecule has 3 aromatic carbocycles. The number of likely N-dealkylation sites (tertiary alicyclic amines) is 1. The van der Waals surface area contributed by atoms with Crippen molar-refractivity contribution in [3.8, 4) is 17.2 Å². The molecule has 38 heavy (non-hydrogen) atoms. The van der Waals surface area contributed by atoms with E-state index in [1.807, 2.05) is 31.2 Å². The molecular formula is C29H25N3O6. The predicted molar refractivity (Wildman–Crippen MR) is 135 cm³/mol. The number of fused-ring (bicyclic) bond motifs is 5. The fourth-order valence-electron chi connectivity index (χ4n) is 6.41. The molecule has 9 heteroatoms. The van der Waals surface area contributed by atoms with E-state index in [-0.39, 0.29) is 36.8 Å². The minimum absolute atomic E-state index is 0.0750. The van der Waals surface area contributed by atoms with E-state index in [0.29, 0.717) is 29.2 Å². The van der Waals surface area contributed by atoms with Gasteiger partial charge in [0, 0.05) is 17.3 Å². The van der Waals surface area contributed by atoms with Gasteiger partial charge in [-0.3, -0.25) is 24.6 Å². The Kier molecular flexibility index (Phi) is 4.84. The first kappa shape index (κ1) is 22.8. The maximum atomic E-state index is 14.1. The van der Waals surface area contributed by atoms with Crippen molar-refractivity contribution < 1.29 is 29.0 Å². The SMILES string of the molecule is Cc1ccc2c(c1)[C@]1(N[C@@H](Cc3ccc(O)cc3)[C@H]3C(=O)N(Cc4ccc5c(c4)OCO5)C(=O)[C@@H]31)C(=O)N2. The zero-order chi connectivity index (χ0) is 26.2. The van der Waals surface area contributed by atoms with Crippen LogP contribution in [0, 0.1) is 18.8 Å². The van der Waals surface area contributed by atoms with Gasteiger partial charge in [0.1, 0.15) is 11.3 Å². The summed E-state index contributed by atoms with van der Waals surface area (Å²) in [5.41, 5.74) is 2.55. The van der Waals surface area contributed by atoms with Gasteiger partial charge >= 0.3 is 0 Å². The Morgan fingerprint density at radius 1 is 0.947 bits per heavy atom. The van der Waals surface area contributed by atoms with Crippen molar-refractivity contribution in [2.24, 2.45) is 11.8 Å². The third kappa shape index (κ3) is 3.18. The van der Waals surface area contributed by atoms with Crippen LogP contribution in [0.4, 0.5) is 5.69 Å². The molecule has 192 valence electrons. The summed E-state index contributed by atoms with van der Waals surface area (Å²) in [6, 6.07) is 17.3. The first-order chi connectivity index (χ1) is 18.3. The van der Waals surface area contributed by atoms with Crippen LogP contribution in [0.5, 0.6) is 17.2 Å². The third-order valence-corrected chi connectivity index (χ3v) is 8.13. The van der Waals surface area contributed by atoms with Gasteiger partial charge in [-0.1, -0.05) is 35.9 Å². The number of rotatable bonds is 4. The first-order valence-corrected chi connectivity index (χ1v) is 12.6. The number of imide groups is 1. The Bertz CT molecular complexity index is 1520. The van der Waals surface area contributed by atoms with Crippen molar-refractivity contribution in [1.29, 1.82) is 0 Å². The Morgan fingerprint density at radius 3 is 2.53 bits per heavy atom. The Balaban J connectivity index is 1.30. The number of amides is 3. The molecule has 4 aliphatic rings. The van der Waals surface area contributed by atoms with Crippen molar-refractivity contribution >= 4 is 23.4 Å². The van der Waals surface area contributed by atoms with Crippen LogP contribution in [0.3, 0.4) is 0 Å². The second-order valence-corrected chi connectivity index (χ2v) is 10.4. The highest BCUT2D eigenvalue weighted by Crippen LogP contribution is 2.53. The number of nitrogens with zero attached hydrogens (tertiary/aromatic N) is 1. The Hall–Kier alpha value is -4.37. The van der Waals surface area contributed by atoms with Crippen molar-refractivity contribution in [3.05, 3.63) is 82.9 Å². The number of anilines is 1. The van der Waals surface area contributed by atoms with Crippen molar-refractivity contribution in [2.75, 3.05) is 12.1 Å². The van der Waals surface area contributed by atoms with E-state index < -0.39 is 23.4 Å². The Labute approximate surface area is 218 Å². The van der Waals surface area contributed by atoms with Crippen LogP contribution in [-0.4, -0.2) is 40.6 Å². The lowest BCUT2D eigenvalue weighted by Gasteiger charge is -2.29. The molecule has 0 bridgehead atoms. The highest BCUT2D eigenvalue weighted by molar-refractivity contribution is 6.15. The van der Waals surface area contributed by atoms with E-state index in [0.717, 1.165) is 16.7 Å². The van der Waals surface area contributed by atoms with Crippen LogP contribution in [0.25, 0.3) is 0 Å². The fraction of sp³-hybridized carbons (Fsp3) is 0.276. The number of hydrogen-bond donors (Lipinski definition) is 3. The van der Waals surface area contributed by atoms with Gasteiger partial charge in [-0.25, -0.2) is 0 Å². The van der Waals surface area contributed by atoms with Gasteiger partial charge in [0.05, 0.1) is 18.4 Å². The number of phenolic OH excluding ortho intramolecular Hbond substituents is 1. The van der Waals surface area contributed by atoms with Gasteiger partial charge in [0.25, 0.3) is 0 Å². The summed E-state index contributed by atoms with van der Waals surface area (Å²) in [5.74, 6) is -1.29. The maximum absolute atomic E-state index is 14.1. The summed E-state index contributed by atoms with van der Waals surface area (Å²) < 4.78 is 10.9. The van der Waals surface area contributed by atoms with Crippen LogP contribution in [0.2, 0.25) is 0 Å². The Morgan fingerprint density at radius 2 is 1.71 bits per heavy atom. The van der Waals surface area contributed by atoms with Gasteiger partial charge in [0.15, 0.2) is 11.5 Å². The molecule has 3 aromatic rings. The second-order valence-electron chi connectivity index (χ2n) is 10.4. The number of benzene rings is 3. The maximum Gasteiger partial charge on any atom is 0.250 e. The number of aromatic hydroxyl groups is 1. The molecule has 4 atom stereocenters. The fourth-order valence-corrected chi connectivity index (χ4v) is 6.41. The standard InChI is InChI=1S/C29H25N3O6/c1-15-2-8-20-19(10-15)29(28(36)30-20)25-24(21(31-29)11-16-3-6-18(33)7-4-16)26(34)32(27(25)35)13-17-5-9-22-23(12-17)38-14-37-22/h2-10,12,21,24-25,31,33H,11,13-14H2,1H3,(H,30,36)/t21-,24+,25+,29+/m0/s1. The largest absolute Gasteiger partial charge is 0.508 e. The van der Waals surface area contributed by atoms with Crippen molar-refractivity contribution in [2.45, 2.75) is 31.5 Å². The highest BCUT2D eigenvalue weighted by atomic mass is 16.7. The van der Waals surface area contributed by atoms with Crippen LogP contribution >= 0.6 is 0 Å². The molecule has 9 nitrogen and oxygen atoms in total. The van der Waals surface area contributed by atoms with E-state index in [1.165, 1.54) is 4.90 Å². The molecule has 1 spiro atoms. The molecule has 4 aliphatic heterocycles. The summed E-state index contributed by atoms with van der Waals surface area (Å²) in [6.45, 7) is 2.14. The van der Waals surface area contributed by atoms with Crippen LogP contribution in [-0.2, 0) is 32.9 Å². The number of hydrogen-bond acceptors (Lipinski definition) is 7. The molecule has 0 aliphatic carbocycles. The first-order valence-electron chi connectivity index (χ1n) is 12.6. The van der Waals surface area contributed by atoms with Gasteiger partial charge in [-0.2, -0.15) is 0 Å². The minimum Gasteiger partial charge on any atom is -0.508 e. The quantitative estimate of drug-likeness (QED) is 0.461. The normalized spacial score (nSPS) is 26.7.